The van der Waals surface area contributed by atoms with E-state index in [9.17, 15) is 8.42 Å². The van der Waals surface area contributed by atoms with Crippen LogP contribution in [0.1, 0.15) is 44.9 Å². The largest absolute Gasteiger partial charge is 0.493 e. The Morgan fingerprint density at radius 1 is 0.949 bits per heavy atom. The van der Waals surface area contributed by atoms with E-state index < -0.39 is 9.84 Å². The quantitative estimate of drug-likeness (QED) is 0.438. The number of piperidine rings is 1. The second kappa shape index (κ2) is 11.6. The van der Waals surface area contributed by atoms with Gasteiger partial charge in [0.15, 0.2) is 21.3 Å². The third kappa shape index (κ3) is 6.52. The number of aromatic nitrogens is 2. The van der Waals surface area contributed by atoms with Crippen LogP contribution < -0.4 is 19.7 Å². The Labute approximate surface area is 232 Å². The fraction of sp³-hybridized carbons (Fsp3) is 0.714. The van der Waals surface area contributed by atoms with Crippen LogP contribution in [0.5, 0.6) is 11.5 Å². The molecule has 11 heteroatoms. The zero-order valence-corrected chi connectivity index (χ0v) is 23.9. The second-order valence-corrected chi connectivity index (χ2v) is 13.8. The Morgan fingerprint density at radius 2 is 1.69 bits per heavy atom. The van der Waals surface area contributed by atoms with Gasteiger partial charge in [-0.05, 0) is 64.1 Å². The number of likely N-dealkylation sites (tertiary alicyclic amines) is 2. The summed E-state index contributed by atoms with van der Waals surface area (Å²) in [6.07, 6.45) is 8.38. The van der Waals surface area contributed by atoms with Crippen molar-refractivity contribution < 1.29 is 17.9 Å². The predicted octanol–water partition coefficient (Wildman–Crippen LogP) is 2.78. The van der Waals surface area contributed by atoms with E-state index in [1.165, 1.54) is 38.8 Å². The van der Waals surface area contributed by atoms with Gasteiger partial charge in [0.2, 0.25) is 5.95 Å². The molecule has 0 amide bonds. The third-order valence-corrected chi connectivity index (χ3v) is 10.2. The van der Waals surface area contributed by atoms with Gasteiger partial charge >= 0.3 is 0 Å². The summed E-state index contributed by atoms with van der Waals surface area (Å²) < 4.78 is 36.1. The fourth-order valence-electron chi connectivity index (χ4n) is 6.08. The second-order valence-electron chi connectivity index (χ2n) is 11.5. The first kappa shape index (κ1) is 26.8. The highest BCUT2D eigenvalue weighted by Gasteiger charge is 2.32. The number of methoxy groups -OCH3 is 1. The van der Waals surface area contributed by atoms with E-state index in [2.05, 4.69) is 15.1 Å². The fourth-order valence-corrected chi connectivity index (χ4v) is 7.28. The first-order valence-corrected chi connectivity index (χ1v) is 16.5. The first-order valence-electron chi connectivity index (χ1n) is 14.7. The number of nitrogens with one attached hydrogen (secondary N) is 1. The Kier molecular flexibility index (Phi) is 8.00. The molecule has 6 rings (SSSR count). The molecule has 3 aliphatic heterocycles. The molecule has 1 aliphatic carbocycles. The van der Waals surface area contributed by atoms with Crippen LogP contribution in [0.2, 0.25) is 0 Å². The molecule has 1 N–H and O–H groups in total. The van der Waals surface area contributed by atoms with Crippen molar-refractivity contribution in [2.75, 3.05) is 81.3 Å². The molecule has 0 spiro atoms. The summed E-state index contributed by atoms with van der Waals surface area (Å²) in [5.74, 6) is 2.97. The van der Waals surface area contributed by atoms with Gasteiger partial charge < -0.3 is 29.5 Å². The molecule has 3 saturated heterocycles. The summed E-state index contributed by atoms with van der Waals surface area (Å²) in [5.41, 5.74) is 0.779. The minimum absolute atomic E-state index is 0.130. The minimum atomic E-state index is -3.00. The topological polar surface area (TPSA) is 100 Å². The molecule has 0 unspecified atom stereocenters. The molecule has 1 aromatic carbocycles. The van der Waals surface area contributed by atoms with Gasteiger partial charge in [0.1, 0.15) is 5.82 Å². The summed E-state index contributed by atoms with van der Waals surface area (Å²) in [7, 11) is -1.33. The SMILES string of the molecule is COc1cc2c(NC3CCN(C4CC4)CC3)nc(N3CCS(=O)(=O)CC3)nc2cc1OCCCN1CCCC1. The lowest BCUT2D eigenvalue weighted by atomic mass is 10.0. The number of hydrogen-bond acceptors (Lipinski definition) is 10. The van der Waals surface area contributed by atoms with Crippen molar-refractivity contribution >= 4 is 32.5 Å². The molecule has 10 nitrogen and oxygen atoms in total. The summed E-state index contributed by atoms with van der Waals surface area (Å²) in [5, 5.41) is 4.63. The highest BCUT2D eigenvalue weighted by atomic mass is 32.2. The van der Waals surface area contributed by atoms with Crippen LogP contribution in [-0.2, 0) is 9.84 Å². The number of anilines is 2. The van der Waals surface area contributed by atoms with Crippen LogP contribution in [0, 0.1) is 0 Å². The number of fused-ring (bicyclic) bond motifs is 1. The highest BCUT2D eigenvalue weighted by molar-refractivity contribution is 7.91. The van der Waals surface area contributed by atoms with E-state index in [1.807, 2.05) is 17.0 Å². The Balaban J connectivity index is 1.24. The number of hydrogen-bond donors (Lipinski definition) is 1. The minimum Gasteiger partial charge on any atom is -0.493 e. The maximum atomic E-state index is 12.1. The van der Waals surface area contributed by atoms with Gasteiger partial charge in [-0.1, -0.05) is 0 Å². The number of sulfone groups is 1. The number of ether oxygens (including phenoxy) is 2. The van der Waals surface area contributed by atoms with Crippen LogP contribution in [-0.4, -0.2) is 111 Å². The molecular formula is C28H42N6O4S. The third-order valence-electron chi connectivity index (χ3n) is 8.61. The van der Waals surface area contributed by atoms with Crippen molar-refractivity contribution in [2.45, 2.75) is 57.0 Å². The van der Waals surface area contributed by atoms with Gasteiger partial charge in [-0.3, -0.25) is 0 Å². The predicted molar refractivity (Wildman–Crippen MR) is 154 cm³/mol. The average Bonchev–Trinajstić information content (AvgIpc) is 3.66. The lowest BCUT2D eigenvalue weighted by Gasteiger charge is -2.33. The van der Waals surface area contributed by atoms with Crippen molar-refractivity contribution in [1.29, 1.82) is 0 Å². The molecule has 1 aromatic heterocycles. The van der Waals surface area contributed by atoms with Gasteiger partial charge in [-0.25, -0.2) is 13.4 Å². The van der Waals surface area contributed by atoms with Gasteiger partial charge in [-0.15, -0.1) is 0 Å². The van der Waals surface area contributed by atoms with Crippen molar-refractivity contribution in [3.05, 3.63) is 12.1 Å². The normalized spacial score (nSPS) is 22.8. The van der Waals surface area contributed by atoms with E-state index >= 15 is 0 Å². The molecule has 1 saturated carbocycles. The molecule has 0 radical (unpaired) electrons. The molecule has 214 valence electrons. The van der Waals surface area contributed by atoms with E-state index in [0.717, 1.165) is 61.7 Å². The van der Waals surface area contributed by atoms with E-state index in [1.54, 1.807) is 7.11 Å². The maximum Gasteiger partial charge on any atom is 0.227 e. The van der Waals surface area contributed by atoms with Crippen LogP contribution in [0.4, 0.5) is 11.8 Å². The van der Waals surface area contributed by atoms with Crippen molar-refractivity contribution in [2.24, 2.45) is 0 Å². The molecule has 2 aromatic rings. The number of rotatable bonds is 10. The van der Waals surface area contributed by atoms with Gasteiger partial charge in [0, 0.05) is 56.3 Å². The molecule has 39 heavy (non-hydrogen) atoms. The molecule has 0 bridgehead atoms. The molecular weight excluding hydrogens is 516 g/mol. The van der Waals surface area contributed by atoms with Gasteiger partial charge in [-0.2, -0.15) is 4.98 Å². The molecule has 4 aliphatic rings. The standard InChI is InChI=1S/C28H42N6O4S/c1-37-25-19-23-24(20-26(25)38-16-4-11-32-9-2-3-10-32)30-28(34-14-17-39(35,36)18-15-34)31-27(23)29-21-7-12-33(13-8-21)22-5-6-22/h19-22H,2-18H2,1H3,(H,29,30,31). The molecule has 0 atom stereocenters. The van der Waals surface area contributed by atoms with Crippen LogP contribution >= 0.6 is 0 Å². The zero-order chi connectivity index (χ0) is 26.8. The van der Waals surface area contributed by atoms with Crippen molar-refractivity contribution in [3.63, 3.8) is 0 Å². The zero-order valence-electron chi connectivity index (χ0n) is 23.1. The van der Waals surface area contributed by atoms with E-state index in [0.29, 0.717) is 43.2 Å². The number of benzene rings is 1. The molecule has 4 fully saturated rings. The lowest BCUT2D eigenvalue weighted by molar-refractivity contribution is 0.210. The lowest BCUT2D eigenvalue weighted by Crippen LogP contribution is -2.41. The monoisotopic (exact) mass is 558 g/mol. The summed E-state index contributed by atoms with van der Waals surface area (Å²) >= 11 is 0. The van der Waals surface area contributed by atoms with Crippen LogP contribution in [0.15, 0.2) is 12.1 Å². The first-order chi connectivity index (χ1) is 19.0. The van der Waals surface area contributed by atoms with Crippen LogP contribution in [0.25, 0.3) is 10.9 Å². The Hall–Kier alpha value is -2.37. The van der Waals surface area contributed by atoms with Gasteiger partial charge in [0.05, 0.1) is 30.7 Å². The summed E-state index contributed by atoms with van der Waals surface area (Å²) in [4.78, 5) is 16.9. The summed E-state index contributed by atoms with van der Waals surface area (Å²) in [6.45, 7) is 7.07. The smallest absolute Gasteiger partial charge is 0.227 e. The van der Waals surface area contributed by atoms with Gasteiger partial charge in [0.25, 0.3) is 0 Å². The molecule has 4 heterocycles. The summed E-state index contributed by atoms with van der Waals surface area (Å²) in [6, 6.07) is 5.07. The Bertz CT molecular complexity index is 1240. The van der Waals surface area contributed by atoms with E-state index in [-0.39, 0.29) is 11.5 Å². The van der Waals surface area contributed by atoms with E-state index in [4.69, 9.17) is 19.4 Å². The van der Waals surface area contributed by atoms with Crippen LogP contribution in [0.3, 0.4) is 0 Å². The number of nitrogens with zero attached hydrogens (tertiary/aromatic N) is 5. The maximum absolute atomic E-state index is 12.1. The average molecular weight is 559 g/mol. The van der Waals surface area contributed by atoms with Crippen molar-refractivity contribution in [1.82, 2.24) is 19.8 Å². The Morgan fingerprint density at radius 3 is 2.38 bits per heavy atom. The highest BCUT2D eigenvalue weighted by Crippen LogP contribution is 2.37. The van der Waals surface area contributed by atoms with Crippen molar-refractivity contribution in [3.8, 4) is 11.5 Å².